The van der Waals surface area contributed by atoms with Gasteiger partial charge in [-0.1, -0.05) is 19.8 Å². The van der Waals surface area contributed by atoms with Crippen LogP contribution in [0.1, 0.15) is 33.1 Å². The lowest BCUT2D eigenvalue weighted by atomic mass is 9.90. The Hall–Kier alpha value is -0.970. The standard InChI is InChI=1S/C11H16O2/c1-3-4-5-8(2)10(11(12)13)9-6-7-9/h8-10H,3,6-7H2,1-2H3,(H,12,13). The third kappa shape index (κ3) is 2.77. The smallest absolute Gasteiger partial charge is 0.308 e. The molecule has 0 amide bonds. The molecule has 0 bridgehead atoms. The van der Waals surface area contributed by atoms with E-state index in [0.29, 0.717) is 5.92 Å². The second kappa shape index (κ2) is 4.32. The van der Waals surface area contributed by atoms with Crippen molar-refractivity contribution in [2.45, 2.75) is 33.1 Å². The number of carboxylic acid groups (broad SMARTS) is 1. The highest BCUT2D eigenvalue weighted by atomic mass is 16.4. The van der Waals surface area contributed by atoms with Crippen molar-refractivity contribution in [1.82, 2.24) is 0 Å². The molecule has 2 atom stereocenters. The van der Waals surface area contributed by atoms with Crippen LogP contribution in [0.3, 0.4) is 0 Å². The summed E-state index contributed by atoms with van der Waals surface area (Å²) in [6.45, 7) is 3.90. The van der Waals surface area contributed by atoms with Crippen molar-refractivity contribution in [2.24, 2.45) is 17.8 Å². The predicted octanol–water partition coefficient (Wildman–Crippen LogP) is 2.15. The molecule has 13 heavy (non-hydrogen) atoms. The Bertz CT molecular complexity index is 243. The zero-order chi connectivity index (χ0) is 9.84. The van der Waals surface area contributed by atoms with E-state index >= 15 is 0 Å². The molecule has 2 heteroatoms. The third-order valence-corrected chi connectivity index (χ3v) is 2.46. The van der Waals surface area contributed by atoms with Crippen LogP contribution in [0.15, 0.2) is 0 Å². The van der Waals surface area contributed by atoms with Gasteiger partial charge in [-0.3, -0.25) is 4.79 Å². The average molecular weight is 180 g/mol. The van der Waals surface area contributed by atoms with Crippen LogP contribution < -0.4 is 0 Å². The van der Waals surface area contributed by atoms with Crippen molar-refractivity contribution in [3.8, 4) is 11.8 Å². The lowest BCUT2D eigenvalue weighted by Gasteiger charge is -2.13. The van der Waals surface area contributed by atoms with E-state index in [1.807, 2.05) is 13.8 Å². The van der Waals surface area contributed by atoms with Gasteiger partial charge >= 0.3 is 5.97 Å². The lowest BCUT2D eigenvalue weighted by molar-refractivity contribution is -0.143. The molecule has 1 aliphatic carbocycles. The van der Waals surface area contributed by atoms with E-state index in [4.69, 9.17) is 5.11 Å². The monoisotopic (exact) mass is 180 g/mol. The first-order valence-electron chi connectivity index (χ1n) is 4.88. The number of hydrogen-bond donors (Lipinski definition) is 1. The summed E-state index contributed by atoms with van der Waals surface area (Å²) in [6.07, 6.45) is 2.94. The highest BCUT2D eigenvalue weighted by Crippen LogP contribution is 2.40. The summed E-state index contributed by atoms with van der Waals surface area (Å²) in [6, 6.07) is 0. The second-order valence-corrected chi connectivity index (χ2v) is 3.66. The molecule has 0 heterocycles. The van der Waals surface area contributed by atoms with E-state index in [9.17, 15) is 4.79 Å². The van der Waals surface area contributed by atoms with Gasteiger partial charge in [0.15, 0.2) is 0 Å². The Kier molecular flexibility index (Phi) is 3.36. The van der Waals surface area contributed by atoms with E-state index < -0.39 is 5.97 Å². The molecule has 0 aliphatic heterocycles. The van der Waals surface area contributed by atoms with Crippen LogP contribution in [0.4, 0.5) is 0 Å². The van der Waals surface area contributed by atoms with E-state index in [1.54, 1.807) is 0 Å². The van der Waals surface area contributed by atoms with Crippen molar-refractivity contribution in [2.75, 3.05) is 0 Å². The zero-order valence-corrected chi connectivity index (χ0v) is 8.21. The minimum absolute atomic E-state index is 0.00458. The van der Waals surface area contributed by atoms with Gasteiger partial charge in [0.2, 0.25) is 0 Å². The van der Waals surface area contributed by atoms with Crippen molar-refractivity contribution in [1.29, 1.82) is 0 Å². The molecule has 72 valence electrons. The molecule has 1 N–H and O–H groups in total. The van der Waals surface area contributed by atoms with E-state index in [0.717, 1.165) is 19.3 Å². The van der Waals surface area contributed by atoms with Gasteiger partial charge in [0, 0.05) is 12.3 Å². The normalized spacial score (nSPS) is 19.8. The molecule has 0 spiro atoms. The van der Waals surface area contributed by atoms with Crippen LogP contribution in [-0.4, -0.2) is 11.1 Å². The summed E-state index contributed by atoms with van der Waals surface area (Å²) in [5.41, 5.74) is 0. The van der Waals surface area contributed by atoms with Gasteiger partial charge in [-0.05, 0) is 18.8 Å². The van der Waals surface area contributed by atoms with Crippen LogP contribution in [0, 0.1) is 29.6 Å². The Morgan fingerprint density at radius 1 is 1.62 bits per heavy atom. The molecule has 2 nitrogen and oxygen atoms in total. The van der Waals surface area contributed by atoms with Crippen molar-refractivity contribution in [3.63, 3.8) is 0 Å². The van der Waals surface area contributed by atoms with Gasteiger partial charge in [-0.25, -0.2) is 0 Å². The molecule has 1 rings (SSSR count). The number of carbonyl (C=O) groups is 1. The number of carboxylic acids is 1. The molecular formula is C11H16O2. The molecule has 0 aromatic heterocycles. The first kappa shape index (κ1) is 10.1. The van der Waals surface area contributed by atoms with Crippen LogP contribution in [0.25, 0.3) is 0 Å². The van der Waals surface area contributed by atoms with Gasteiger partial charge in [0.1, 0.15) is 0 Å². The van der Waals surface area contributed by atoms with Gasteiger partial charge in [0.05, 0.1) is 5.92 Å². The summed E-state index contributed by atoms with van der Waals surface area (Å²) in [5.74, 6) is 5.43. The summed E-state index contributed by atoms with van der Waals surface area (Å²) in [5, 5.41) is 8.99. The molecule has 0 aromatic carbocycles. The number of rotatable bonds is 3. The maximum absolute atomic E-state index is 10.9. The fraction of sp³-hybridized carbons (Fsp3) is 0.727. The van der Waals surface area contributed by atoms with E-state index in [1.165, 1.54) is 0 Å². The topological polar surface area (TPSA) is 37.3 Å². The average Bonchev–Trinajstić information content (AvgIpc) is 2.84. The van der Waals surface area contributed by atoms with Crippen molar-refractivity contribution in [3.05, 3.63) is 0 Å². The van der Waals surface area contributed by atoms with E-state index in [-0.39, 0.29) is 11.8 Å². The molecule has 2 unspecified atom stereocenters. The number of hydrogen-bond acceptors (Lipinski definition) is 1. The summed E-state index contributed by atoms with van der Waals surface area (Å²) in [4.78, 5) is 10.9. The van der Waals surface area contributed by atoms with Gasteiger partial charge < -0.3 is 5.11 Å². The van der Waals surface area contributed by atoms with Crippen molar-refractivity contribution >= 4 is 5.97 Å². The molecule has 1 fully saturated rings. The first-order chi connectivity index (χ1) is 6.16. The van der Waals surface area contributed by atoms with Gasteiger partial charge in [-0.2, -0.15) is 0 Å². The Morgan fingerprint density at radius 3 is 2.62 bits per heavy atom. The third-order valence-electron chi connectivity index (χ3n) is 2.46. The Morgan fingerprint density at radius 2 is 2.23 bits per heavy atom. The fourth-order valence-electron chi connectivity index (χ4n) is 1.63. The minimum atomic E-state index is -0.680. The Balaban J connectivity index is 2.58. The molecule has 1 saturated carbocycles. The van der Waals surface area contributed by atoms with Crippen LogP contribution in [0.2, 0.25) is 0 Å². The van der Waals surface area contributed by atoms with Gasteiger partial charge in [0.25, 0.3) is 0 Å². The lowest BCUT2D eigenvalue weighted by Crippen LogP contribution is -2.22. The summed E-state index contributed by atoms with van der Waals surface area (Å²) >= 11 is 0. The number of aliphatic carboxylic acids is 1. The first-order valence-corrected chi connectivity index (χ1v) is 4.88. The zero-order valence-electron chi connectivity index (χ0n) is 8.21. The Labute approximate surface area is 79.3 Å². The van der Waals surface area contributed by atoms with E-state index in [2.05, 4.69) is 11.8 Å². The maximum atomic E-state index is 10.9. The van der Waals surface area contributed by atoms with Gasteiger partial charge in [-0.15, -0.1) is 5.92 Å². The molecule has 1 aliphatic rings. The molecule has 0 aromatic rings. The SMILES string of the molecule is CCC#CC(C)C(C(=O)O)C1CC1. The largest absolute Gasteiger partial charge is 0.481 e. The van der Waals surface area contributed by atoms with Crippen LogP contribution in [-0.2, 0) is 4.79 Å². The van der Waals surface area contributed by atoms with Crippen molar-refractivity contribution < 1.29 is 9.90 Å². The maximum Gasteiger partial charge on any atom is 0.308 e. The highest BCUT2D eigenvalue weighted by molar-refractivity contribution is 5.71. The quantitative estimate of drug-likeness (QED) is 0.676. The molecular weight excluding hydrogens is 164 g/mol. The van der Waals surface area contributed by atoms with Crippen LogP contribution in [0.5, 0.6) is 0 Å². The fourth-order valence-corrected chi connectivity index (χ4v) is 1.63. The predicted molar refractivity (Wildman–Crippen MR) is 51.1 cm³/mol. The minimum Gasteiger partial charge on any atom is -0.481 e. The highest BCUT2D eigenvalue weighted by Gasteiger charge is 2.39. The summed E-state index contributed by atoms with van der Waals surface area (Å²) < 4.78 is 0. The van der Waals surface area contributed by atoms with Crippen LogP contribution >= 0.6 is 0 Å². The molecule has 0 radical (unpaired) electrons. The second-order valence-electron chi connectivity index (χ2n) is 3.66. The summed E-state index contributed by atoms with van der Waals surface area (Å²) in [7, 11) is 0. The molecule has 0 saturated heterocycles.